The molecule has 0 atom stereocenters. The molecule has 2 aliphatic rings. The molecule has 8 rings (SSSR count). The third-order valence-electron chi connectivity index (χ3n) is 12.1. The van der Waals surface area contributed by atoms with Gasteiger partial charge in [0.1, 0.15) is 34.5 Å². The SMILES string of the molecule is COCCOC(=O)Nc1ccc(Nc2ccc3c(c2)C=C(S(=O)(=O)O)/C(=N\Nc2ccc(-c4ccc(N/N=C5/C(=O)c6ccc(Nc7ccc(NC(=O)OCCOC)cc7)cc6C=C5S(=O)(=O)O)c(OCC(=O)O)c4)cc2OCC(=O)O)C3=O)cc1. The van der Waals surface area contributed by atoms with Crippen LogP contribution in [0.25, 0.3) is 23.3 Å². The molecule has 30 heteroatoms. The zero-order chi connectivity index (χ0) is 61.7. The van der Waals surface area contributed by atoms with Crippen molar-refractivity contribution < 1.29 is 93.3 Å². The van der Waals surface area contributed by atoms with E-state index in [2.05, 4.69) is 42.3 Å². The van der Waals surface area contributed by atoms with Crippen molar-refractivity contribution in [3.8, 4) is 22.6 Å². The van der Waals surface area contributed by atoms with Crippen molar-refractivity contribution in [2.45, 2.75) is 0 Å². The van der Waals surface area contributed by atoms with E-state index in [4.69, 9.17) is 28.4 Å². The number of nitrogens with zero attached hydrogens (tertiary/aromatic N) is 2. The molecular formula is C56H50N8O20S2. The third kappa shape index (κ3) is 16.0. The Kier molecular flexibility index (Phi) is 19.5. The van der Waals surface area contributed by atoms with Gasteiger partial charge in [-0.2, -0.15) is 27.0 Å². The second-order valence-electron chi connectivity index (χ2n) is 18.1. The molecule has 0 unspecified atom stereocenters. The number of ether oxygens (including phenoxy) is 6. The summed E-state index contributed by atoms with van der Waals surface area (Å²) in [6.45, 7) is -1.29. The van der Waals surface area contributed by atoms with Crippen molar-refractivity contribution in [2.24, 2.45) is 10.2 Å². The zero-order valence-corrected chi connectivity index (χ0v) is 46.6. The summed E-state index contributed by atoms with van der Waals surface area (Å²) in [5, 5.41) is 38.5. The molecule has 446 valence electrons. The van der Waals surface area contributed by atoms with Gasteiger partial charge in [-0.25, -0.2) is 19.2 Å². The van der Waals surface area contributed by atoms with Crippen molar-refractivity contribution in [2.75, 3.05) is 86.0 Å². The maximum Gasteiger partial charge on any atom is 0.411 e. The lowest BCUT2D eigenvalue weighted by Gasteiger charge is -2.19. The van der Waals surface area contributed by atoms with Crippen molar-refractivity contribution in [3.63, 3.8) is 0 Å². The number of aliphatic carboxylic acids is 2. The molecule has 0 aliphatic heterocycles. The van der Waals surface area contributed by atoms with Gasteiger partial charge in [-0.15, -0.1) is 0 Å². The predicted molar refractivity (Wildman–Crippen MR) is 314 cm³/mol. The lowest BCUT2D eigenvalue weighted by atomic mass is 9.94. The van der Waals surface area contributed by atoms with Crippen LogP contribution in [0.1, 0.15) is 31.8 Å². The van der Waals surface area contributed by atoms with Crippen LogP contribution in [0.2, 0.25) is 0 Å². The van der Waals surface area contributed by atoms with Crippen LogP contribution in [-0.4, -0.2) is 137 Å². The van der Waals surface area contributed by atoms with Crippen LogP contribution in [0.4, 0.5) is 55.1 Å². The first-order chi connectivity index (χ1) is 41.1. The van der Waals surface area contributed by atoms with E-state index in [-0.39, 0.29) is 82.7 Å². The fraction of sp³-hybridized carbons (Fsp3) is 0.143. The number of carbonyl (C=O) groups is 6. The molecule has 0 aromatic heterocycles. The summed E-state index contributed by atoms with van der Waals surface area (Å²) in [6.07, 6.45) is 0.684. The first-order valence-electron chi connectivity index (χ1n) is 25.1. The molecule has 28 nitrogen and oxygen atoms in total. The average molecular weight is 1220 g/mol. The van der Waals surface area contributed by atoms with Crippen molar-refractivity contribution in [1.29, 1.82) is 0 Å². The van der Waals surface area contributed by atoms with Crippen LogP contribution in [0.3, 0.4) is 0 Å². The van der Waals surface area contributed by atoms with Gasteiger partial charge >= 0.3 is 24.1 Å². The predicted octanol–water partition coefficient (Wildman–Crippen LogP) is 7.94. The fourth-order valence-corrected chi connectivity index (χ4v) is 9.44. The first-order valence-corrected chi connectivity index (χ1v) is 28.0. The maximum absolute atomic E-state index is 13.9. The number of hydrogen-bond donors (Lipinski definition) is 10. The molecule has 0 fully saturated rings. The summed E-state index contributed by atoms with van der Waals surface area (Å²) >= 11 is 0. The van der Waals surface area contributed by atoms with Crippen molar-refractivity contribution in [1.82, 2.24) is 0 Å². The van der Waals surface area contributed by atoms with Gasteiger partial charge in [-0.05, 0) is 144 Å². The van der Waals surface area contributed by atoms with E-state index in [0.29, 0.717) is 34.1 Å². The second-order valence-corrected chi connectivity index (χ2v) is 20.9. The number of anilines is 8. The topological polar surface area (TPSA) is 404 Å². The summed E-state index contributed by atoms with van der Waals surface area (Å²) in [7, 11) is -7.34. The number of fused-ring (bicyclic) bond motifs is 2. The number of hydrazone groups is 2. The third-order valence-corrected chi connectivity index (χ3v) is 13.8. The maximum atomic E-state index is 13.9. The van der Waals surface area contributed by atoms with Gasteiger partial charge in [-0.1, -0.05) is 12.1 Å². The summed E-state index contributed by atoms with van der Waals surface area (Å²) in [5.74, 6) is -5.12. The summed E-state index contributed by atoms with van der Waals surface area (Å²) < 4.78 is 103. The monoisotopic (exact) mass is 1220 g/mol. The Balaban J connectivity index is 1.01. The minimum atomic E-state index is -5.14. The number of benzene rings is 6. The van der Waals surface area contributed by atoms with Gasteiger partial charge in [0.05, 0.1) is 24.6 Å². The van der Waals surface area contributed by atoms with Crippen molar-refractivity contribution in [3.05, 3.63) is 153 Å². The summed E-state index contributed by atoms with van der Waals surface area (Å²) in [4.78, 5) is 73.6. The number of ketones is 2. The highest BCUT2D eigenvalue weighted by Crippen LogP contribution is 2.37. The quantitative estimate of drug-likeness (QED) is 0.0148. The second kappa shape index (κ2) is 27.3. The van der Waals surface area contributed by atoms with E-state index in [0.717, 1.165) is 12.2 Å². The summed E-state index contributed by atoms with van der Waals surface area (Å²) in [5.41, 5.74) is 6.73. The minimum Gasteiger partial charge on any atom is -0.480 e. The number of Topliss-reactive ketones (excluding diaryl/α,β-unsaturated/α-hetero) is 2. The molecule has 0 heterocycles. The Morgan fingerprint density at radius 1 is 0.477 bits per heavy atom. The number of hydrogen-bond acceptors (Lipinski definition) is 22. The van der Waals surface area contributed by atoms with E-state index in [1.165, 1.54) is 87.0 Å². The van der Waals surface area contributed by atoms with Gasteiger partial charge in [-0.3, -0.25) is 40.2 Å². The van der Waals surface area contributed by atoms with E-state index in [1.807, 2.05) is 0 Å². The standard InChI is InChI=1S/C56H50N8O20S2/c1-79-19-21-81-55(71)59-37-9-5-35(6-10-37)57-39-13-15-41-33(23-39)27-47(85(73,74)75)51(53(41)69)63-61-43-17-3-31(25-45(43)83-29-49(65)66)32-4-18-44(46(26-32)84-30-50(67)68)62-64-52-48(86(76,77)78)28-34-24-40(14-16-42(34)54(52)70)58-36-7-11-38(12-8-36)60-56(72)82-22-20-80-2/h3-18,23-28,57-58,61-62H,19-22,29-30H2,1-2H3,(H,59,71)(H,60,72)(H,65,66)(H,67,68)(H,73,74,75)(H,76,77,78)/b63-51+,64-52+. The molecule has 2 aliphatic carbocycles. The van der Waals surface area contributed by atoms with E-state index >= 15 is 0 Å². The van der Waals surface area contributed by atoms with E-state index in [9.17, 15) is 64.9 Å². The van der Waals surface area contributed by atoms with E-state index < -0.39 is 90.4 Å². The Morgan fingerprint density at radius 2 is 0.837 bits per heavy atom. The van der Waals surface area contributed by atoms with Gasteiger partial charge in [0.2, 0.25) is 11.6 Å². The lowest BCUT2D eigenvalue weighted by molar-refractivity contribution is -0.140. The number of allylic oxidation sites excluding steroid dienone is 2. The highest BCUT2D eigenvalue weighted by Gasteiger charge is 2.35. The highest BCUT2D eigenvalue weighted by atomic mass is 32.2. The molecule has 0 saturated carbocycles. The average Bonchev–Trinajstić information content (AvgIpc) is 1.30. The molecule has 6 aromatic rings. The molecule has 10 N–H and O–H groups in total. The van der Waals surface area contributed by atoms with Gasteiger partial charge in [0.15, 0.2) is 24.6 Å². The van der Waals surface area contributed by atoms with Gasteiger partial charge in [0.25, 0.3) is 20.2 Å². The number of rotatable bonds is 25. The Bertz CT molecular complexity index is 3760. The molecule has 6 aromatic carbocycles. The number of carbonyl (C=O) groups excluding carboxylic acids is 4. The lowest BCUT2D eigenvalue weighted by Crippen LogP contribution is -2.27. The smallest absolute Gasteiger partial charge is 0.411 e. The van der Waals surface area contributed by atoms with Gasteiger partial charge in [0, 0.05) is 59.5 Å². The molecule has 2 amide bonds. The highest BCUT2D eigenvalue weighted by molar-refractivity contribution is 7.91. The number of amides is 2. The molecule has 0 spiro atoms. The molecule has 0 radical (unpaired) electrons. The molecule has 0 bridgehead atoms. The number of carboxylic acids is 2. The Hall–Kier alpha value is -10.5. The molecular weight excluding hydrogens is 1170 g/mol. The largest absolute Gasteiger partial charge is 0.480 e. The number of carboxylic acid groups (broad SMARTS) is 2. The van der Waals surface area contributed by atoms with Gasteiger partial charge < -0.3 is 49.3 Å². The van der Waals surface area contributed by atoms with Crippen molar-refractivity contribution >= 4 is 125 Å². The zero-order valence-electron chi connectivity index (χ0n) is 45.0. The molecule has 0 saturated heterocycles. The Labute approximate surface area is 488 Å². The van der Waals surface area contributed by atoms with E-state index in [1.54, 1.807) is 48.5 Å². The van der Waals surface area contributed by atoms with Crippen LogP contribution in [0.15, 0.2) is 141 Å². The normalized spacial score (nSPS) is 13.7. The fourth-order valence-electron chi connectivity index (χ4n) is 8.13. The minimum absolute atomic E-state index is 0.0109. The first kappa shape index (κ1) is 61.6. The number of methoxy groups -OCH3 is 2. The van der Waals surface area contributed by atoms with Crippen LogP contribution < -0.4 is 41.6 Å². The van der Waals surface area contributed by atoms with Crippen LogP contribution in [0, 0.1) is 0 Å². The Morgan fingerprint density at radius 3 is 1.19 bits per heavy atom. The van der Waals surface area contributed by atoms with Crippen LogP contribution in [0.5, 0.6) is 11.5 Å². The molecule has 86 heavy (non-hydrogen) atoms. The van der Waals surface area contributed by atoms with Crippen LogP contribution in [-0.2, 0) is 48.8 Å². The van der Waals surface area contributed by atoms with Crippen LogP contribution >= 0.6 is 0 Å². The summed E-state index contributed by atoms with van der Waals surface area (Å²) in [6, 6.07) is 29.8. The number of nitrogens with one attached hydrogen (secondary N) is 6.